The van der Waals surface area contributed by atoms with Gasteiger partial charge in [-0.2, -0.15) is 0 Å². The summed E-state index contributed by atoms with van der Waals surface area (Å²) in [5.74, 6) is 1.71. The molecule has 1 N–H and O–H groups in total. The Morgan fingerprint density at radius 2 is 2.00 bits per heavy atom. The second-order valence-electron chi connectivity index (χ2n) is 4.75. The highest BCUT2D eigenvalue weighted by atomic mass is 32.2. The minimum Gasteiger partial charge on any atom is -0.486 e. The van der Waals surface area contributed by atoms with E-state index in [4.69, 9.17) is 14.2 Å². The molecule has 0 aromatic heterocycles. The first-order chi connectivity index (χ1) is 9.78. The first-order valence-electron chi connectivity index (χ1n) is 6.97. The Kier molecular flexibility index (Phi) is 6.01. The summed E-state index contributed by atoms with van der Waals surface area (Å²) in [6, 6.07) is 4.54. The van der Waals surface area contributed by atoms with Gasteiger partial charge < -0.3 is 19.5 Å². The Morgan fingerprint density at radius 3 is 2.60 bits per heavy atom. The molecule has 20 heavy (non-hydrogen) atoms. The number of fused-ring (bicyclic) bond motifs is 1. The van der Waals surface area contributed by atoms with Crippen molar-refractivity contribution in [3.05, 3.63) is 17.7 Å². The van der Waals surface area contributed by atoms with E-state index in [1.807, 2.05) is 0 Å². The van der Waals surface area contributed by atoms with Gasteiger partial charge in [0.1, 0.15) is 13.2 Å². The van der Waals surface area contributed by atoms with Gasteiger partial charge in [-0.3, -0.25) is 0 Å². The Morgan fingerprint density at radius 1 is 1.30 bits per heavy atom. The van der Waals surface area contributed by atoms with Gasteiger partial charge >= 0.3 is 0 Å². The summed E-state index contributed by atoms with van der Waals surface area (Å²) in [7, 11) is 1.74. The van der Waals surface area contributed by atoms with Crippen LogP contribution in [0.3, 0.4) is 0 Å². The zero-order chi connectivity index (χ0) is 14.4. The van der Waals surface area contributed by atoms with Gasteiger partial charge in [0.05, 0.1) is 6.61 Å². The summed E-state index contributed by atoms with van der Waals surface area (Å²) < 4.78 is 16.5. The van der Waals surface area contributed by atoms with Gasteiger partial charge in [0.2, 0.25) is 0 Å². The summed E-state index contributed by atoms with van der Waals surface area (Å²) in [5.41, 5.74) is 1.25. The van der Waals surface area contributed by atoms with Crippen LogP contribution in [0.4, 0.5) is 0 Å². The van der Waals surface area contributed by atoms with Crippen molar-refractivity contribution >= 4 is 11.8 Å². The molecular formula is C15H23NO3S. The van der Waals surface area contributed by atoms with Crippen molar-refractivity contribution in [1.29, 1.82) is 0 Å². The summed E-state index contributed by atoms with van der Waals surface area (Å²) in [6.45, 7) is 4.96. The number of thioether (sulfide) groups is 1. The Hall–Kier alpha value is -0.910. The van der Waals surface area contributed by atoms with Crippen molar-refractivity contribution < 1.29 is 14.2 Å². The summed E-state index contributed by atoms with van der Waals surface area (Å²) in [5, 5.41) is 3.53. The van der Waals surface area contributed by atoms with E-state index in [-0.39, 0.29) is 0 Å². The third-order valence-corrected chi connectivity index (χ3v) is 4.21. The van der Waals surface area contributed by atoms with E-state index in [1.54, 1.807) is 18.9 Å². The lowest BCUT2D eigenvalue weighted by molar-refractivity contribution is 0.163. The van der Waals surface area contributed by atoms with Crippen molar-refractivity contribution in [3.8, 4) is 11.5 Å². The Balaban J connectivity index is 2.09. The molecule has 0 saturated heterocycles. The van der Waals surface area contributed by atoms with Crippen LogP contribution < -0.4 is 14.8 Å². The highest BCUT2D eigenvalue weighted by Gasteiger charge is 2.16. The fourth-order valence-corrected chi connectivity index (χ4v) is 2.84. The fraction of sp³-hybridized carbons (Fsp3) is 0.600. The lowest BCUT2D eigenvalue weighted by Crippen LogP contribution is -2.32. The third-order valence-electron chi connectivity index (χ3n) is 3.39. The molecule has 1 aliphatic rings. The van der Waals surface area contributed by atoms with Crippen molar-refractivity contribution in [3.63, 3.8) is 0 Å². The molecule has 0 aliphatic carbocycles. The molecule has 0 amide bonds. The average molecular weight is 297 g/mol. The molecule has 1 aromatic carbocycles. The van der Waals surface area contributed by atoms with Gasteiger partial charge in [-0.15, -0.1) is 11.8 Å². The van der Waals surface area contributed by atoms with Gasteiger partial charge in [-0.1, -0.05) is 6.92 Å². The van der Waals surface area contributed by atoms with Crippen LogP contribution in [-0.2, 0) is 11.3 Å². The van der Waals surface area contributed by atoms with Crippen LogP contribution in [0, 0.1) is 0 Å². The van der Waals surface area contributed by atoms with E-state index >= 15 is 0 Å². The largest absolute Gasteiger partial charge is 0.486 e. The van der Waals surface area contributed by atoms with Gasteiger partial charge in [0.25, 0.3) is 0 Å². The molecule has 1 heterocycles. The lowest BCUT2D eigenvalue weighted by Gasteiger charge is -2.22. The summed E-state index contributed by atoms with van der Waals surface area (Å²) >= 11 is 1.73. The zero-order valence-electron chi connectivity index (χ0n) is 12.4. The first-order valence-corrected chi connectivity index (χ1v) is 8.19. The van der Waals surface area contributed by atoms with E-state index < -0.39 is 0 Å². The van der Waals surface area contributed by atoms with Gasteiger partial charge in [0.15, 0.2) is 11.5 Å². The smallest absolute Gasteiger partial charge is 0.162 e. The van der Waals surface area contributed by atoms with Crippen LogP contribution >= 0.6 is 11.8 Å². The molecule has 0 bridgehead atoms. The van der Waals surface area contributed by atoms with Crippen molar-refractivity contribution in [2.75, 3.05) is 33.2 Å². The number of nitrogens with one attached hydrogen (secondary N) is 1. The average Bonchev–Trinajstić information content (AvgIpc) is 2.50. The molecular weight excluding hydrogens is 274 g/mol. The van der Waals surface area contributed by atoms with Gasteiger partial charge in [-0.05, 0) is 30.4 Å². The molecule has 4 nitrogen and oxygen atoms in total. The SMILES string of the molecule is CCC(COC)NCc1cc2c(cc1SC)OCCO2. The minimum atomic E-state index is 0.378. The van der Waals surface area contributed by atoms with E-state index in [0.29, 0.717) is 19.3 Å². The quantitative estimate of drug-likeness (QED) is 0.784. The number of hydrogen-bond acceptors (Lipinski definition) is 5. The lowest BCUT2D eigenvalue weighted by atomic mass is 10.1. The van der Waals surface area contributed by atoms with E-state index in [0.717, 1.165) is 31.1 Å². The number of ether oxygens (including phenoxy) is 3. The minimum absolute atomic E-state index is 0.378. The van der Waals surface area contributed by atoms with E-state index in [1.165, 1.54) is 10.5 Å². The first kappa shape index (κ1) is 15.5. The molecule has 0 spiro atoms. The van der Waals surface area contributed by atoms with Gasteiger partial charge in [-0.25, -0.2) is 0 Å². The van der Waals surface area contributed by atoms with E-state index in [2.05, 4.69) is 30.6 Å². The topological polar surface area (TPSA) is 39.7 Å². The normalized spacial score (nSPS) is 15.2. The van der Waals surface area contributed by atoms with Gasteiger partial charge in [0, 0.05) is 24.6 Å². The van der Waals surface area contributed by atoms with Crippen LogP contribution in [0.2, 0.25) is 0 Å². The van der Waals surface area contributed by atoms with Crippen LogP contribution in [0.25, 0.3) is 0 Å². The molecule has 5 heteroatoms. The van der Waals surface area contributed by atoms with Crippen molar-refractivity contribution in [2.24, 2.45) is 0 Å². The van der Waals surface area contributed by atoms with Crippen LogP contribution in [-0.4, -0.2) is 39.2 Å². The second kappa shape index (κ2) is 7.76. The fourth-order valence-electron chi connectivity index (χ4n) is 2.22. The molecule has 112 valence electrons. The number of rotatable bonds is 7. The molecule has 1 aromatic rings. The second-order valence-corrected chi connectivity index (χ2v) is 5.60. The molecule has 1 atom stereocenters. The predicted octanol–water partition coefficient (Wildman–Crippen LogP) is 2.69. The molecule has 2 rings (SSSR count). The highest BCUT2D eigenvalue weighted by molar-refractivity contribution is 7.98. The molecule has 1 unspecified atom stereocenters. The summed E-state index contributed by atoms with van der Waals surface area (Å²) in [4.78, 5) is 1.23. The maximum Gasteiger partial charge on any atom is 0.162 e. The molecule has 1 aliphatic heterocycles. The predicted molar refractivity (Wildman–Crippen MR) is 82.0 cm³/mol. The number of hydrogen-bond donors (Lipinski definition) is 1. The number of benzene rings is 1. The maximum atomic E-state index is 5.66. The van der Waals surface area contributed by atoms with Crippen LogP contribution in [0.5, 0.6) is 11.5 Å². The van der Waals surface area contributed by atoms with Crippen molar-refractivity contribution in [1.82, 2.24) is 5.32 Å². The molecule has 0 fully saturated rings. The maximum absolute atomic E-state index is 5.66. The Labute approximate surface area is 125 Å². The van der Waals surface area contributed by atoms with Crippen molar-refractivity contribution in [2.45, 2.75) is 30.8 Å². The Bertz CT molecular complexity index is 439. The molecule has 0 saturated carbocycles. The standard InChI is InChI=1S/C15H23NO3S/c1-4-12(10-17-2)16-9-11-7-13-14(8-15(11)20-3)19-6-5-18-13/h7-8,12,16H,4-6,9-10H2,1-3H3. The van der Waals surface area contributed by atoms with E-state index in [9.17, 15) is 0 Å². The number of methoxy groups -OCH3 is 1. The monoisotopic (exact) mass is 297 g/mol. The van der Waals surface area contributed by atoms with Crippen LogP contribution in [0.1, 0.15) is 18.9 Å². The van der Waals surface area contributed by atoms with Crippen LogP contribution in [0.15, 0.2) is 17.0 Å². The molecule has 0 radical (unpaired) electrons. The third kappa shape index (κ3) is 3.81. The highest BCUT2D eigenvalue weighted by Crippen LogP contribution is 2.36. The zero-order valence-corrected chi connectivity index (χ0v) is 13.2. The summed E-state index contributed by atoms with van der Waals surface area (Å²) in [6.07, 6.45) is 3.13.